The molecule has 264 valence electrons. The number of hydrogen-bond donors (Lipinski definition) is 0. The van der Waals surface area contributed by atoms with Gasteiger partial charge >= 0.3 is 0 Å². The maximum atomic E-state index is 5.95. The normalized spacial score (nSPS) is 19.6. The molecule has 3 aliphatic heterocycles. The van der Waals surface area contributed by atoms with E-state index in [0.29, 0.717) is 18.5 Å². The molecule has 0 radical (unpaired) electrons. The lowest BCUT2D eigenvalue weighted by atomic mass is 10.2. The highest BCUT2D eigenvalue weighted by atomic mass is 32.1. The van der Waals surface area contributed by atoms with Crippen molar-refractivity contribution in [2.45, 2.75) is 60.0 Å². The second kappa shape index (κ2) is 13.8. The smallest absolute Gasteiger partial charge is 0.205 e. The van der Waals surface area contributed by atoms with Crippen molar-refractivity contribution in [3.05, 3.63) is 133 Å². The number of thiophene rings is 1. The molecule has 3 atom stereocenters. The number of fused-ring (bicyclic) bond motifs is 3. The molecule has 0 N–H and O–H groups in total. The van der Waals surface area contributed by atoms with Gasteiger partial charge in [0.2, 0.25) is 5.88 Å². The SMILES string of the molecule is Cc1c(N2C=CN(C)[C@@H]2C)oc2ccccc12.Cc1c(N2C=CN(C)[C@@H]2C)sc2ccccc12.Cc1c2ccccc2cn1N1C=CN(C)[C@@H]1C. The Labute approximate surface area is 305 Å². The molecule has 0 aliphatic carbocycles. The van der Waals surface area contributed by atoms with Crippen molar-refractivity contribution in [2.24, 2.45) is 0 Å². The molecule has 0 bridgehead atoms. The quantitative estimate of drug-likeness (QED) is 0.182. The van der Waals surface area contributed by atoms with Gasteiger partial charge in [-0.25, -0.2) is 0 Å². The minimum atomic E-state index is 0.300. The molecule has 0 amide bonds. The average molecular weight is 700 g/mol. The average Bonchev–Trinajstić information content (AvgIpc) is 3.98. The summed E-state index contributed by atoms with van der Waals surface area (Å²) in [5.41, 5.74) is 4.83. The highest BCUT2D eigenvalue weighted by Gasteiger charge is 2.26. The van der Waals surface area contributed by atoms with Gasteiger partial charge in [0.15, 0.2) is 0 Å². The first-order valence-electron chi connectivity index (χ1n) is 17.6. The number of benzene rings is 3. The number of anilines is 2. The van der Waals surface area contributed by atoms with Crippen molar-refractivity contribution < 1.29 is 4.42 Å². The summed E-state index contributed by atoms with van der Waals surface area (Å²) in [5, 5.41) is 8.79. The van der Waals surface area contributed by atoms with E-state index in [1.807, 2.05) is 29.5 Å². The number of nitrogens with zero attached hydrogens (tertiary/aromatic N) is 7. The Bertz CT molecular complexity index is 2010. The first-order chi connectivity index (χ1) is 24.5. The minimum Gasteiger partial charge on any atom is -0.440 e. The topological polar surface area (TPSA) is 37.5 Å². The van der Waals surface area contributed by atoms with Crippen LogP contribution in [0.15, 0.2) is 121 Å². The fraction of sp³-hybridized carbons (Fsp3) is 0.286. The van der Waals surface area contributed by atoms with Gasteiger partial charge in [0, 0.05) is 96.7 Å². The van der Waals surface area contributed by atoms with Crippen molar-refractivity contribution in [3.63, 3.8) is 0 Å². The molecule has 3 aliphatic rings. The largest absolute Gasteiger partial charge is 0.440 e. The second-order valence-corrected chi connectivity index (χ2v) is 14.7. The van der Waals surface area contributed by atoms with Gasteiger partial charge in [-0.15, -0.1) is 11.3 Å². The number of rotatable bonds is 3. The third-order valence-electron chi connectivity index (χ3n) is 10.6. The third-order valence-corrected chi connectivity index (χ3v) is 11.9. The molecule has 0 spiro atoms. The van der Waals surface area contributed by atoms with E-state index in [4.69, 9.17) is 4.42 Å². The molecule has 0 saturated heterocycles. The van der Waals surface area contributed by atoms with Gasteiger partial charge in [-0.3, -0.25) is 14.6 Å². The monoisotopic (exact) mass is 699 g/mol. The Kier molecular flexibility index (Phi) is 9.25. The van der Waals surface area contributed by atoms with E-state index in [1.54, 1.807) is 0 Å². The van der Waals surface area contributed by atoms with Crippen molar-refractivity contribution in [2.75, 3.05) is 36.0 Å². The van der Waals surface area contributed by atoms with Crippen LogP contribution in [0.25, 0.3) is 31.8 Å². The maximum Gasteiger partial charge on any atom is 0.205 e. The van der Waals surface area contributed by atoms with Crippen LogP contribution in [0.5, 0.6) is 0 Å². The molecule has 9 rings (SSSR count). The zero-order chi connectivity index (χ0) is 36.0. The van der Waals surface area contributed by atoms with Crippen LogP contribution >= 0.6 is 11.3 Å². The maximum absolute atomic E-state index is 5.95. The predicted octanol–water partition coefficient (Wildman–Crippen LogP) is 9.74. The van der Waals surface area contributed by atoms with E-state index in [2.05, 4.69) is 195 Å². The van der Waals surface area contributed by atoms with E-state index in [0.717, 1.165) is 11.5 Å². The first-order valence-corrected chi connectivity index (χ1v) is 18.5. The van der Waals surface area contributed by atoms with Crippen LogP contribution in [0.3, 0.4) is 0 Å². The molecule has 9 heteroatoms. The van der Waals surface area contributed by atoms with Gasteiger partial charge in [-0.2, -0.15) is 0 Å². The molecule has 51 heavy (non-hydrogen) atoms. The van der Waals surface area contributed by atoms with Gasteiger partial charge in [0.05, 0.1) is 0 Å². The standard InChI is InChI=1S/C14H17N3.C14H16N2O.C14H16N2S/c1-11-14-7-5-4-6-13(14)10-17(11)16-9-8-15(3)12(16)2;2*1-10-12-6-4-5-7-13(12)17-14(10)16-9-8-15(3)11(16)2/h4-10,12H,1-3H3;2*4-9,11H,1-3H3/t12-;2*11-/m000/s1. The Morgan fingerprint density at radius 1 is 0.569 bits per heavy atom. The van der Waals surface area contributed by atoms with E-state index in [9.17, 15) is 0 Å². The predicted molar refractivity (Wildman–Crippen MR) is 216 cm³/mol. The fourth-order valence-corrected chi connectivity index (χ4v) is 8.19. The molecule has 6 heterocycles. The van der Waals surface area contributed by atoms with Gasteiger partial charge in [-0.1, -0.05) is 60.7 Å². The molecular weight excluding hydrogens is 651 g/mol. The van der Waals surface area contributed by atoms with E-state index >= 15 is 0 Å². The summed E-state index contributed by atoms with van der Waals surface area (Å²) in [4.78, 5) is 11.1. The molecule has 0 unspecified atom stereocenters. The van der Waals surface area contributed by atoms with Crippen molar-refractivity contribution in [3.8, 4) is 0 Å². The molecule has 3 aromatic carbocycles. The molecule has 8 nitrogen and oxygen atoms in total. The summed E-state index contributed by atoms with van der Waals surface area (Å²) in [6, 6.07) is 25.3. The summed E-state index contributed by atoms with van der Waals surface area (Å²) in [6.45, 7) is 13.1. The van der Waals surface area contributed by atoms with Gasteiger partial charge < -0.3 is 24.0 Å². The van der Waals surface area contributed by atoms with Gasteiger partial charge in [0.1, 0.15) is 29.1 Å². The van der Waals surface area contributed by atoms with Crippen LogP contribution in [-0.4, -0.2) is 59.0 Å². The Morgan fingerprint density at radius 2 is 1.14 bits per heavy atom. The van der Waals surface area contributed by atoms with Crippen molar-refractivity contribution in [1.29, 1.82) is 0 Å². The number of aromatic nitrogens is 1. The van der Waals surface area contributed by atoms with Gasteiger partial charge in [0.25, 0.3) is 0 Å². The van der Waals surface area contributed by atoms with Crippen LogP contribution in [0.1, 0.15) is 37.6 Å². The number of aryl methyl sites for hydroxylation is 3. The van der Waals surface area contributed by atoms with E-state index in [-0.39, 0.29) is 0 Å². The molecule has 3 aromatic heterocycles. The Morgan fingerprint density at radius 3 is 1.73 bits per heavy atom. The summed E-state index contributed by atoms with van der Waals surface area (Å²) < 4.78 is 9.55. The molecule has 0 saturated carbocycles. The molecule has 0 fully saturated rings. The summed E-state index contributed by atoms with van der Waals surface area (Å²) in [5.74, 6) is 0.944. The lowest BCUT2D eigenvalue weighted by molar-refractivity contribution is 0.347. The van der Waals surface area contributed by atoms with Crippen LogP contribution in [-0.2, 0) is 0 Å². The lowest BCUT2D eigenvalue weighted by Gasteiger charge is -2.28. The third kappa shape index (κ3) is 6.20. The highest BCUT2D eigenvalue weighted by molar-refractivity contribution is 7.23. The number of furan rings is 1. The summed E-state index contributed by atoms with van der Waals surface area (Å²) in [6.07, 6.45) is 15.9. The zero-order valence-corrected chi connectivity index (χ0v) is 32.0. The van der Waals surface area contributed by atoms with Gasteiger partial charge in [-0.05, 0) is 64.6 Å². The summed E-state index contributed by atoms with van der Waals surface area (Å²) in [7, 11) is 6.28. The second-order valence-electron chi connectivity index (χ2n) is 13.7. The molecule has 6 aromatic rings. The van der Waals surface area contributed by atoms with E-state index < -0.39 is 0 Å². The number of para-hydroxylation sites is 1. The van der Waals surface area contributed by atoms with Crippen LogP contribution < -0.4 is 14.8 Å². The van der Waals surface area contributed by atoms with E-state index in [1.165, 1.54) is 48.1 Å². The first kappa shape index (κ1) is 34.2. The lowest BCUT2D eigenvalue weighted by Crippen LogP contribution is -2.40. The Balaban J connectivity index is 0.000000119. The van der Waals surface area contributed by atoms with Crippen molar-refractivity contribution in [1.82, 2.24) is 19.4 Å². The van der Waals surface area contributed by atoms with Crippen LogP contribution in [0.2, 0.25) is 0 Å². The fourth-order valence-electron chi connectivity index (χ4n) is 6.93. The highest BCUT2D eigenvalue weighted by Crippen LogP contribution is 2.40. The van der Waals surface area contributed by atoms with Crippen LogP contribution in [0, 0.1) is 20.8 Å². The Hall–Kier alpha value is -5.28. The number of hydrogen-bond acceptors (Lipinski definition) is 8. The van der Waals surface area contributed by atoms with Crippen LogP contribution in [0.4, 0.5) is 10.9 Å². The molecular formula is C42H49N7OS. The zero-order valence-electron chi connectivity index (χ0n) is 31.1. The summed E-state index contributed by atoms with van der Waals surface area (Å²) >= 11 is 1.87. The van der Waals surface area contributed by atoms with Crippen molar-refractivity contribution >= 4 is 54.0 Å². The minimum absolute atomic E-state index is 0.300.